The number of primary amides is 1. The molecule has 10 heteroatoms. The Kier molecular flexibility index (Phi) is 13.7. The van der Waals surface area contributed by atoms with Gasteiger partial charge in [0, 0.05) is 19.5 Å². The molecular formula is C47H80N4O6. The van der Waals surface area contributed by atoms with E-state index in [1.54, 1.807) is 20.8 Å². The van der Waals surface area contributed by atoms with E-state index in [-0.39, 0.29) is 57.8 Å². The average Bonchev–Trinajstić information content (AvgIpc) is 3.52. The second kappa shape index (κ2) is 17.2. The third-order valence-corrected chi connectivity index (χ3v) is 17.1. The predicted molar refractivity (Wildman–Crippen MR) is 226 cm³/mol. The van der Waals surface area contributed by atoms with E-state index in [2.05, 4.69) is 64.1 Å². The summed E-state index contributed by atoms with van der Waals surface area (Å²) < 4.78 is 5.29. The van der Waals surface area contributed by atoms with E-state index in [1.165, 1.54) is 31.3 Å². The van der Waals surface area contributed by atoms with E-state index in [1.807, 2.05) is 0 Å². The molecule has 4 amide bonds. The molecule has 0 unspecified atom stereocenters. The molecular weight excluding hydrogens is 717 g/mol. The van der Waals surface area contributed by atoms with Gasteiger partial charge in [-0.2, -0.15) is 0 Å². The van der Waals surface area contributed by atoms with E-state index in [0.29, 0.717) is 42.7 Å². The molecule has 5 rings (SSSR count). The maximum Gasteiger partial charge on any atom is 0.408 e. The summed E-state index contributed by atoms with van der Waals surface area (Å²) in [5.41, 5.74) is 6.10. The molecule has 0 saturated heterocycles. The van der Waals surface area contributed by atoms with Crippen LogP contribution in [0.3, 0.4) is 0 Å². The number of hydrogen-bond donors (Lipinski definition) is 5. The number of carbonyl (C=O) groups excluding carboxylic acids is 4. The number of ether oxygens (including phenoxy) is 1. The second-order valence-electron chi connectivity index (χ2n) is 21.7. The summed E-state index contributed by atoms with van der Waals surface area (Å²) in [6.45, 7) is 25.6. The van der Waals surface area contributed by atoms with Gasteiger partial charge in [0.1, 0.15) is 11.6 Å². The van der Waals surface area contributed by atoms with Crippen molar-refractivity contribution in [1.29, 1.82) is 0 Å². The number of amides is 4. The first-order valence-electron chi connectivity index (χ1n) is 22.7. The maximum atomic E-state index is 14.5. The zero-order valence-electron chi connectivity index (χ0n) is 37.2. The van der Waals surface area contributed by atoms with Crippen molar-refractivity contribution < 1.29 is 29.0 Å². The molecule has 5 aliphatic carbocycles. The quantitative estimate of drug-likeness (QED) is 0.0828. The van der Waals surface area contributed by atoms with Crippen LogP contribution in [0.1, 0.15) is 171 Å². The number of fused-ring (bicyclic) bond motifs is 7. The minimum Gasteiger partial charge on any atom is -0.444 e. The summed E-state index contributed by atoms with van der Waals surface area (Å²) in [5.74, 6) is 1.81. The number of carbonyl (C=O) groups is 4. The van der Waals surface area contributed by atoms with Gasteiger partial charge in [-0.3, -0.25) is 14.4 Å². The molecule has 10 nitrogen and oxygen atoms in total. The number of aliphatic hydroxyl groups excluding tert-OH is 1. The van der Waals surface area contributed by atoms with Crippen molar-refractivity contribution in [3.8, 4) is 0 Å². The first-order chi connectivity index (χ1) is 26.5. The number of nitrogens with two attached hydrogens (primary N) is 1. The van der Waals surface area contributed by atoms with Crippen LogP contribution >= 0.6 is 0 Å². The lowest BCUT2D eigenvalue weighted by Crippen LogP contribution is -2.67. The summed E-state index contributed by atoms with van der Waals surface area (Å²) >= 11 is 0. The Morgan fingerprint density at radius 1 is 0.807 bits per heavy atom. The highest BCUT2D eigenvalue weighted by atomic mass is 16.6. The van der Waals surface area contributed by atoms with Gasteiger partial charge in [-0.1, -0.05) is 66.0 Å². The van der Waals surface area contributed by atoms with E-state index < -0.39 is 23.6 Å². The summed E-state index contributed by atoms with van der Waals surface area (Å²) in [5, 5.41) is 20.0. The van der Waals surface area contributed by atoms with Gasteiger partial charge in [-0.25, -0.2) is 4.79 Å². The molecule has 5 saturated carbocycles. The molecule has 11 atom stereocenters. The molecule has 0 heterocycles. The van der Waals surface area contributed by atoms with Crippen molar-refractivity contribution in [3.63, 3.8) is 0 Å². The molecule has 6 N–H and O–H groups in total. The molecule has 0 aromatic rings. The Balaban J connectivity index is 1.12. The lowest BCUT2D eigenvalue weighted by atomic mass is 9.32. The fraction of sp³-hybridized carbons (Fsp3) is 0.872. The van der Waals surface area contributed by atoms with Gasteiger partial charge >= 0.3 is 6.09 Å². The summed E-state index contributed by atoms with van der Waals surface area (Å²) in [7, 11) is 0. The molecule has 5 fully saturated rings. The molecule has 0 bridgehead atoms. The summed E-state index contributed by atoms with van der Waals surface area (Å²) in [6.07, 6.45) is 14.8. The molecule has 57 heavy (non-hydrogen) atoms. The Morgan fingerprint density at radius 2 is 1.46 bits per heavy atom. The minimum absolute atomic E-state index is 0.0217. The van der Waals surface area contributed by atoms with Crippen LogP contribution in [0.2, 0.25) is 0 Å². The highest BCUT2D eigenvalue weighted by Gasteiger charge is 2.71. The van der Waals surface area contributed by atoms with Crippen molar-refractivity contribution in [2.75, 3.05) is 13.1 Å². The fourth-order valence-electron chi connectivity index (χ4n) is 14.0. The first-order valence-corrected chi connectivity index (χ1v) is 22.7. The van der Waals surface area contributed by atoms with Crippen molar-refractivity contribution in [2.24, 2.45) is 62.4 Å². The Morgan fingerprint density at radius 3 is 2.09 bits per heavy atom. The standard InChI is InChI=1S/C47H80N4O6/c1-30(2)31-20-25-47(40(55)50-29-15-13-11-12-14-28-49-39(54)33(17-19-37(48)53)51-41(56)57-42(3,4)5)27-26-45(9)32(38(31)47)16-18-35-44(8)23-22-36(52)43(6,7)34(44)21-24-46(35,45)10/h31-36,38,52H,1,11-29H2,2-10H3,(H2,48,53)(H,49,54)(H,50,55)(H,51,56)/t31-,32+,33-,34-,35+,36-,38+,44-,45+,46+,47-/m0/s1. The van der Waals surface area contributed by atoms with E-state index in [4.69, 9.17) is 10.5 Å². The lowest BCUT2D eigenvalue weighted by Gasteiger charge is -2.72. The highest BCUT2D eigenvalue weighted by molar-refractivity contribution is 5.86. The smallest absolute Gasteiger partial charge is 0.408 e. The van der Waals surface area contributed by atoms with Crippen molar-refractivity contribution >= 4 is 23.8 Å². The highest BCUT2D eigenvalue weighted by Crippen LogP contribution is 2.77. The van der Waals surface area contributed by atoms with Crippen LogP contribution in [0, 0.1) is 56.7 Å². The van der Waals surface area contributed by atoms with E-state index in [0.717, 1.165) is 70.6 Å². The summed E-state index contributed by atoms with van der Waals surface area (Å²) in [4.78, 5) is 51.0. The van der Waals surface area contributed by atoms with Gasteiger partial charge in [-0.05, 0) is 162 Å². The predicted octanol–water partition coefficient (Wildman–Crippen LogP) is 8.35. The van der Waals surface area contributed by atoms with Crippen molar-refractivity contribution in [3.05, 3.63) is 12.2 Å². The van der Waals surface area contributed by atoms with Gasteiger partial charge in [0.05, 0.1) is 11.5 Å². The van der Waals surface area contributed by atoms with Crippen LogP contribution in [0.4, 0.5) is 4.79 Å². The lowest BCUT2D eigenvalue weighted by molar-refractivity contribution is -0.246. The van der Waals surface area contributed by atoms with Crippen molar-refractivity contribution in [2.45, 2.75) is 189 Å². The fourth-order valence-corrected chi connectivity index (χ4v) is 14.0. The maximum absolute atomic E-state index is 14.5. The van der Waals surface area contributed by atoms with Gasteiger partial charge in [-0.15, -0.1) is 0 Å². The number of nitrogens with one attached hydrogen (secondary N) is 3. The Bertz CT molecular complexity index is 1510. The third-order valence-electron chi connectivity index (χ3n) is 17.1. The molecule has 324 valence electrons. The van der Waals surface area contributed by atoms with Crippen molar-refractivity contribution in [1.82, 2.24) is 16.0 Å². The molecule has 0 radical (unpaired) electrons. The third kappa shape index (κ3) is 8.82. The van der Waals surface area contributed by atoms with Gasteiger partial charge in [0.25, 0.3) is 0 Å². The molecule has 0 aromatic carbocycles. The van der Waals surface area contributed by atoms with Crippen LogP contribution in [0.25, 0.3) is 0 Å². The van der Waals surface area contributed by atoms with Gasteiger partial charge < -0.3 is 31.5 Å². The SMILES string of the molecule is C=C(C)[C@@H]1CC[C@]2(C(=O)NCCCCCCCNC(=O)[C@H](CCC(N)=O)NC(=O)OC(C)(C)C)CC[C@]3(C)[C@H](CC[C@@H]4[C@@]5(C)CC[C@H](O)C(C)(C)[C@@H]5CC[C@]43C)[C@@H]12. The van der Waals surface area contributed by atoms with Crippen LogP contribution in [-0.4, -0.2) is 59.8 Å². The Labute approximate surface area is 344 Å². The van der Waals surface area contributed by atoms with Gasteiger partial charge in [0.15, 0.2) is 0 Å². The average molecular weight is 797 g/mol. The van der Waals surface area contributed by atoms with Crippen LogP contribution in [0.5, 0.6) is 0 Å². The number of aliphatic hydroxyl groups is 1. The molecule has 0 aromatic heterocycles. The summed E-state index contributed by atoms with van der Waals surface area (Å²) in [6, 6.07) is -0.903. The van der Waals surface area contributed by atoms with E-state index >= 15 is 0 Å². The Hall–Kier alpha value is -2.62. The minimum atomic E-state index is -0.903. The zero-order chi connectivity index (χ0) is 42.2. The number of hydrogen-bond acceptors (Lipinski definition) is 6. The van der Waals surface area contributed by atoms with Crippen LogP contribution in [0.15, 0.2) is 12.2 Å². The number of allylic oxidation sites excluding steroid dienone is 1. The second-order valence-corrected chi connectivity index (χ2v) is 21.7. The van der Waals surface area contributed by atoms with Gasteiger partial charge in [0.2, 0.25) is 17.7 Å². The number of alkyl carbamates (subject to hydrolysis) is 1. The normalized spacial score (nSPS) is 37.3. The van der Waals surface area contributed by atoms with E-state index in [9.17, 15) is 24.3 Å². The molecule has 0 spiro atoms. The van der Waals surface area contributed by atoms with Crippen LogP contribution in [-0.2, 0) is 19.1 Å². The topological polar surface area (TPSA) is 160 Å². The zero-order valence-corrected chi connectivity index (χ0v) is 37.2. The molecule has 0 aliphatic heterocycles. The number of rotatable bonds is 15. The monoisotopic (exact) mass is 797 g/mol. The van der Waals surface area contributed by atoms with Crippen LogP contribution < -0.4 is 21.7 Å². The first kappa shape index (κ1) is 45.5. The largest absolute Gasteiger partial charge is 0.444 e. The molecule has 5 aliphatic rings. The number of unbranched alkanes of at least 4 members (excludes halogenated alkanes) is 4.